The molecule has 0 radical (unpaired) electrons. The zero-order valence-corrected chi connectivity index (χ0v) is 11.5. The van der Waals surface area contributed by atoms with Crippen LogP contribution in [0.2, 0.25) is 5.02 Å². The summed E-state index contributed by atoms with van der Waals surface area (Å²) >= 11 is 6.01. The van der Waals surface area contributed by atoms with Crippen molar-refractivity contribution in [3.05, 3.63) is 41.4 Å². The smallest absolute Gasteiger partial charge is 0.210 e. The first kappa shape index (κ1) is 14.0. The number of aliphatic hydroxyl groups excluding tert-OH is 1. The van der Waals surface area contributed by atoms with Crippen molar-refractivity contribution in [1.29, 1.82) is 0 Å². The molecule has 0 bridgehead atoms. The number of aliphatic hydroxyl groups is 1. The first-order valence-corrected chi connectivity index (χ1v) is 7.72. The van der Waals surface area contributed by atoms with Gasteiger partial charge in [-0.25, -0.2) is 13.4 Å². The molecule has 0 amide bonds. The van der Waals surface area contributed by atoms with E-state index in [0.29, 0.717) is 16.3 Å². The average molecular weight is 302 g/mol. The number of nitrogens with zero attached hydrogens (tertiary/aromatic N) is 1. The van der Waals surface area contributed by atoms with Crippen molar-refractivity contribution >= 4 is 21.4 Å². The van der Waals surface area contributed by atoms with E-state index in [2.05, 4.69) is 4.98 Å². The maximum Gasteiger partial charge on any atom is 0.210 e. The summed E-state index contributed by atoms with van der Waals surface area (Å²) in [7, 11) is -3.40. The zero-order chi connectivity index (χ0) is 13.9. The minimum Gasteiger partial charge on any atom is -0.440 e. The van der Waals surface area contributed by atoms with Crippen LogP contribution < -0.4 is 0 Å². The molecule has 0 aliphatic carbocycles. The van der Waals surface area contributed by atoms with E-state index in [-0.39, 0.29) is 17.4 Å². The Labute approximate surface area is 115 Å². The lowest BCUT2D eigenvalue weighted by atomic mass is 10.2. The van der Waals surface area contributed by atoms with Gasteiger partial charge in [0.1, 0.15) is 5.75 Å². The molecule has 2 aromatic rings. The Bertz CT molecular complexity index is 666. The summed E-state index contributed by atoms with van der Waals surface area (Å²) in [5.74, 6) is -0.141. The highest BCUT2D eigenvalue weighted by Crippen LogP contribution is 2.28. The molecule has 2 rings (SSSR count). The molecule has 0 aliphatic rings. The first-order chi connectivity index (χ1) is 9.02. The van der Waals surface area contributed by atoms with Crippen LogP contribution in [0.1, 0.15) is 5.89 Å². The molecule has 0 spiro atoms. The second-order valence-corrected chi connectivity index (χ2v) is 6.50. The molecule has 1 heterocycles. The lowest BCUT2D eigenvalue weighted by molar-refractivity contribution is 0.319. The maximum atomic E-state index is 11.5. The number of halogens is 1. The van der Waals surface area contributed by atoms with Gasteiger partial charge in [0.25, 0.3) is 0 Å². The summed E-state index contributed by atoms with van der Waals surface area (Å²) in [5, 5.41) is 9.16. The Morgan fingerprint density at radius 1 is 1.32 bits per heavy atom. The van der Waals surface area contributed by atoms with Crippen LogP contribution in [-0.4, -0.2) is 30.9 Å². The van der Waals surface area contributed by atoms with Crippen molar-refractivity contribution in [2.24, 2.45) is 0 Å². The largest absolute Gasteiger partial charge is 0.440 e. The lowest BCUT2D eigenvalue weighted by Crippen LogP contribution is -2.12. The number of hydrogen-bond donors (Lipinski definition) is 1. The van der Waals surface area contributed by atoms with Gasteiger partial charge in [-0.2, -0.15) is 0 Å². The predicted octanol–water partition coefficient (Wildman–Crippen LogP) is 1.90. The third-order valence-electron chi connectivity index (χ3n) is 2.44. The van der Waals surface area contributed by atoms with E-state index in [9.17, 15) is 8.42 Å². The molecule has 0 aliphatic heterocycles. The van der Waals surface area contributed by atoms with E-state index >= 15 is 0 Å². The molecular weight excluding hydrogens is 290 g/mol. The fourth-order valence-corrected chi connectivity index (χ4v) is 2.72. The van der Waals surface area contributed by atoms with E-state index in [0.717, 1.165) is 0 Å². The number of benzene rings is 1. The Kier molecular flexibility index (Phi) is 4.24. The second kappa shape index (κ2) is 5.73. The highest BCUT2D eigenvalue weighted by molar-refractivity contribution is 7.90. The number of sulfone groups is 1. The molecule has 7 heteroatoms. The van der Waals surface area contributed by atoms with E-state index in [1.165, 1.54) is 6.20 Å². The monoisotopic (exact) mass is 301 g/mol. The minimum atomic E-state index is -3.40. The Balaban J connectivity index is 2.23. The quantitative estimate of drug-likeness (QED) is 0.912. The molecule has 1 aromatic carbocycles. The van der Waals surface area contributed by atoms with Gasteiger partial charge in [-0.1, -0.05) is 23.7 Å². The van der Waals surface area contributed by atoms with Crippen LogP contribution in [0.25, 0.3) is 11.3 Å². The number of oxazole rings is 1. The number of hydrogen-bond acceptors (Lipinski definition) is 5. The average Bonchev–Trinajstić information content (AvgIpc) is 2.77. The van der Waals surface area contributed by atoms with Gasteiger partial charge < -0.3 is 9.52 Å². The van der Waals surface area contributed by atoms with Crippen LogP contribution in [0.5, 0.6) is 0 Å². The van der Waals surface area contributed by atoms with Crippen LogP contribution >= 0.6 is 11.6 Å². The van der Waals surface area contributed by atoms with Gasteiger partial charge in [-0.05, 0) is 12.1 Å². The van der Waals surface area contributed by atoms with Crippen LogP contribution in [-0.2, 0) is 15.6 Å². The summed E-state index contributed by atoms with van der Waals surface area (Å²) in [5.41, 5.74) is 0.655. The maximum absolute atomic E-state index is 11.5. The number of aromatic nitrogens is 1. The molecule has 1 aromatic heterocycles. The van der Waals surface area contributed by atoms with Crippen molar-refractivity contribution < 1.29 is 17.9 Å². The topological polar surface area (TPSA) is 80.4 Å². The third-order valence-corrected chi connectivity index (χ3v) is 4.26. The third kappa shape index (κ3) is 3.56. The van der Waals surface area contributed by atoms with Gasteiger partial charge in [-0.3, -0.25) is 0 Å². The van der Waals surface area contributed by atoms with Gasteiger partial charge in [0.15, 0.2) is 15.6 Å². The standard InChI is InChI=1S/C12H12ClNO4S/c13-10-4-2-1-3-9(10)11-7-14-12(18-11)8-19(16,17)6-5-15/h1-4,7,15H,5-6,8H2. The van der Waals surface area contributed by atoms with Crippen molar-refractivity contribution in [2.45, 2.75) is 5.75 Å². The Hall–Kier alpha value is -1.37. The van der Waals surface area contributed by atoms with E-state index < -0.39 is 16.4 Å². The summed E-state index contributed by atoms with van der Waals surface area (Å²) in [6.45, 7) is -0.416. The zero-order valence-electron chi connectivity index (χ0n) is 9.91. The normalized spacial score (nSPS) is 11.7. The fraction of sp³-hybridized carbons (Fsp3) is 0.250. The molecule has 0 unspecified atom stereocenters. The first-order valence-electron chi connectivity index (χ1n) is 5.53. The lowest BCUT2D eigenvalue weighted by Gasteiger charge is -1.99. The van der Waals surface area contributed by atoms with Gasteiger partial charge in [0, 0.05) is 5.56 Å². The van der Waals surface area contributed by atoms with Gasteiger partial charge in [0.05, 0.1) is 23.6 Å². The molecule has 0 fully saturated rings. The summed E-state index contributed by atoms with van der Waals surface area (Å²) in [4.78, 5) is 3.92. The van der Waals surface area contributed by atoms with Crippen molar-refractivity contribution in [3.8, 4) is 11.3 Å². The van der Waals surface area contributed by atoms with E-state index in [4.69, 9.17) is 21.1 Å². The molecule has 19 heavy (non-hydrogen) atoms. The van der Waals surface area contributed by atoms with Crippen LogP contribution in [0.15, 0.2) is 34.9 Å². The van der Waals surface area contributed by atoms with Gasteiger partial charge in [-0.15, -0.1) is 0 Å². The van der Waals surface area contributed by atoms with E-state index in [1.807, 2.05) is 0 Å². The van der Waals surface area contributed by atoms with E-state index in [1.54, 1.807) is 24.3 Å². The summed E-state index contributed by atoms with van der Waals surface area (Å²) < 4.78 is 28.4. The second-order valence-electron chi connectivity index (χ2n) is 3.91. The molecular formula is C12H12ClNO4S. The highest BCUT2D eigenvalue weighted by atomic mass is 35.5. The Morgan fingerprint density at radius 3 is 2.74 bits per heavy atom. The van der Waals surface area contributed by atoms with Gasteiger partial charge in [0.2, 0.25) is 5.89 Å². The minimum absolute atomic E-state index is 0.0865. The van der Waals surface area contributed by atoms with Crippen molar-refractivity contribution in [3.63, 3.8) is 0 Å². The Morgan fingerprint density at radius 2 is 2.05 bits per heavy atom. The molecule has 0 saturated carbocycles. The van der Waals surface area contributed by atoms with Crippen molar-refractivity contribution in [2.75, 3.05) is 12.4 Å². The molecule has 1 N–H and O–H groups in total. The summed E-state index contributed by atoms with van der Waals surface area (Å²) in [6, 6.07) is 7.05. The fourth-order valence-electron chi connectivity index (χ4n) is 1.56. The van der Waals surface area contributed by atoms with Crippen LogP contribution in [0.4, 0.5) is 0 Å². The molecule has 5 nitrogen and oxygen atoms in total. The van der Waals surface area contributed by atoms with Crippen LogP contribution in [0.3, 0.4) is 0 Å². The predicted molar refractivity (Wildman–Crippen MR) is 71.5 cm³/mol. The molecule has 0 saturated heterocycles. The number of rotatable bonds is 5. The highest BCUT2D eigenvalue weighted by Gasteiger charge is 2.16. The molecule has 102 valence electrons. The van der Waals surface area contributed by atoms with Crippen molar-refractivity contribution in [1.82, 2.24) is 4.98 Å². The van der Waals surface area contributed by atoms with Crippen LogP contribution in [0, 0.1) is 0 Å². The molecule has 0 atom stereocenters. The van der Waals surface area contributed by atoms with Gasteiger partial charge >= 0.3 is 0 Å². The SMILES string of the molecule is O=S(=O)(CCO)Cc1ncc(-c2ccccc2Cl)o1. The summed E-state index contributed by atoms with van der Waals surface area (Å²) in [6.07, 6.45) is 1.44.